The SMILES string of the molecule is CCc1ccccc1NC(=O)CNC(=O)CN1C(=O)NC(C)(c2ccc(F)cc2)C1=O. The molecule has 1 aliphatic rings. The smallest absolute Gasteiger partial charge is 0.325 e. The number of para-hydroxylation sites is 1. The first-order valence-corrected chi connectivity index (χ1v) is 9.79. The van der Waals surface area contributed by atoms with Gasteiger partial charge in [0.05, 0.1) is 6.54 Å². The van der Waals surface area contributed by atoms with Gasteiger partial charge in [-0.1, -0.05) is 37.3 Å². The summed E-state index contributed by atoms with van der Waals surface area (Å²) in [6, 6.07) is 11.7. The molecule has 2 aromatic rings. The fourth-order valence-corrected chi connectivity index (χ4v) is 3.34. The number of anilines is 1. The maximum Gasteiger partial charge on any atom is 0.325 e. The standard InChI is InChI=1S/C22H23FN4O4/c1-3-14-6-4-5-7-17(14)25-18(28)12-24-19(29)13-27-20(30)22(2,26-21(27)31)15-8-10-16(23)11-9-15/h4-11H,3,12-13H2,1-2H3,(H,24,29)(H,25,28)(H,26,31). The molecule has 1 heterocycles. The van der Waals surface area contributed by atoms with Gasteiger partial charge in [-0.25, -0.2) is 9.18 Å². The second-order valence-electron chi connectivity index (χ2n) is 7.29. The van der Waals surface area contributed by atoms with Crippen LogP contribution in [0.4, 0.5) is 14.9 Å². The lowest BCUT2D eigenvalue weighted by atomic mass is 9.92. The fraction of sp³-hybridized carbons (Fsp3) is 0.273. The molecule has 3 N–H and O–H groups in total. The highest BCUT2D eigenvalue weighted by Gasteiger charge is 2.49. The number of carbonyl (C=O) groups excluding carboxylic acids is 4. The lowest BCUT2D eigenvalue weighted by Gasteiger charge is -2.22. The maximum atomic E-state index is 13.2. The van der Waals surface area contributed by atoms with Crippen molar-refractivity contribution in [1.82, 2.24) is 15.5 Å². The molecule has 1 saturated heterocycles. The number of rotatable bonds is 7. The van der Waals surface area contributed by atoms with E-state index in [2.05, 4.69) is 16.0 Å². The van der Waals surface area contributed by atoms with Crippen LogP contribution in [0.1, 0.15) is 25.0 Å². The lowest BCUT2D eigenvalue weighted by Crippen LogP contribution is -2.44. The van der Waals surface area contributed by atoms with Crippen molar-refractivity contribution in [2.24, 2.45) is 0 Å². The summed E-state index contributed by atoms with van der Waals surface area (Å²) in [5.74, 6) is -2.20. The fourth-order valence-electron chi connectivity index (χ4n) is 3.34. The Hall–Kier alpha value is -3.75. The average Bonchev–Trinajstić information content (AvgIpc) is 2.97. The summed E-state index contributed by atoms with van der Waals surface area (Å²) in [4.78, 5) is 50.2. The highest BCUT2D eigenvalue weighted by atomic mass is 19.1. The van der Waals surface area contributed by atoms with Crippen LogP contribution in [-0.2, 0) is 26.3 Å². The van der Waals surface area contributed by atoms with Crippen LogP contribution in [0.15, 0.2) is 48.5 Å². The summed E-state index contributed by atoms with van der Waals surface area (Å²) in [5, 5.41) is 7.67. The molecule has 5 amide bonds. The molecule has 1 unspecified atom stereocenters. The van der Waals surface area contributed by atoms with Crippen molar-refractivity contribution >= 4 is 29.4 Å². The number of nitrogens with zero attached hydrogens (tertiary/aromatic N) is 1. The van der Waals surface area contributed by atoms with Crippen LogP contribution in [0.5, 0.6) is 0 Å². The molecule has 0 aliphatic carbocycles. The number of carbonyl (C=O) groups is 4. The molecule has 1 atom stereocenters. The Kier molecular flexibility index (Phi) is 6.33. The molecule has 8 nitrogen and oxygen atoms in total. The first kappa shape index (κ1) is 21.9. The number of aryl methyl sites for hydroxylation is 1. The van der Waals surface area contributed by atoms with Gasteiger partial charge in [-0.2, -0.15) is 0 Å². The van der Waals surface area contributed by atoms with Gasteiger partial charge in [0.15, 0.2) is 0 Å². The predicted octanol–water partition coefficient (Wildman–Crippen LogP) is 1.91. The van der Waals surface area contributed by atoms with Crippen molar-refractivity contribution in [2.45, 2.75) is 25.8 Å². The zero-order valence-electron chi connectivity index (χ0n) is 17.2. The molecule has 3 rings (SSSR count). The van der Waals surface area contributed by atoms with E-state index in [1.54, 1.807) is 12.1 Å². The molecule has 0 spiro atoms. The van der Waals surface area contributed by atoms with Crippen LogP contribution in [-0.4, -0.2) is 41.7 Å². The monoisotopic (exact) mass is 426 g/mol. The molecular formula is C22H23FN4O4. The Morgan fingerprint density at radius 3 is 2.42 bits per heavy atom. The molecule has 0 radical (unpaired) electrons. The topological polar surface area (TPSA) is 108 Å². The molecule has 1 aliphatic heterocycles. The van der Waals surface area contributed by atoms with Gasteiger partial charge in [0, 0.05) is 5.69 Å². The zero-order valence-corrected chi connectivity index (χ0v) is 17.2. The largest absolute Gasteiger partial charge is 0.345 e. The van der Waals surface area contributed by atoms with Crippen LogP contribution < -0.4 is 16.0 Å². The van der Waals surface area contributed by atoms with Crippen molar-refractivity contribution < 1.29 is 23.6 Å². The molecule has 9 heteroatoms. The third-order valence-corrected chi connectivity index (χ3v) is 5.12. The highest BCUT2D eigenvalue weighted by Crippen LogP contribution is 2.28. The summed E-state index contributed by atoms with van der Waals surface area (Å²) < 4.78 is 13.2. The van der Waals surface area contributed by atoms with Crippen LogP contribution >= 0.6 is 0 Å². The van der Waals surface area contributed by atoms with Gasteiger partial charge in [-0.05, 0) is 42.7 Å². The van der Waals surface area contributed by atoms with E-state index in [4.69, 9.17) is 0 Å². The Morgan fingerprint density at radius 1 is 1.06 bits per heavy atom. The quantitative estimate of drug-likeness (QED) is 0.588. The molecule has 2 aromatic carbocycles. The van der Waals surface area contributed by atoms with Gasteiger partial charge in [-0.3, -0.25) is 19.3 Å². The second-order valence-corrected chi connectivity index (χ2v) is 7.29. The van der Waals surface area contributed by atoms with E-state index < -0.39 is 41.7 Å². The summed E-state index contributed by atoms with van der Waals surface area (Å²) >= 11 is 0. The van der Waals surface area contributed by atoms with Crippen LogP contribution in [0.3, 0.4) is 0 Å². The number of nitrogens with one attached hydrogen (secondary N) is 3. The molecule has 0 bridgehead atoms. The third-order valence-electron chi connectivity index (χ3n) is 5.12. The van der Waals surface area contributed by atoms with E-state index in [-0.39, 0.29) is 6.54 Å². The number of hydrogen-bond donors (Lipinski definition) is 3. The minimum absolute atomic E-state index is 0.310. The molecule has 162 valence electrons. The summed E-state index contributed by atoms with van der Waals surface area (Å²) in [6.45, 7) is 2.59. The highest BCUT2D eigenvalue weighted by molar-refractivity contribution is 6.09. The number of benzene rings is 2. The van der Waals surface area contributed by atoms with E-state index in [1.165, 1.54) is 31.2 Å². The van der Waals surface area contributed by atoms with Crippen molar-refractivity contribution in [2.75, 3.05) is 18.4 Å². The average molecular weight is 426 g/mol. The molecule has 31 heavy (non-hydrogen) atoms. The van der Waals surface area contributed by atoms with E-state index in [9.17, 15) is 23.6 Å². The third kappa shape index (κ3) is 4.71. The van der Waals surface area contributed by atoms with Crippen molar-refractivity contribution in [3.63, 3.8) is 0 Å². The number of halogens is 1. The first-order valence-electron chi connectivity index (χ1n) is 9.79. The Bertz CT molecular complexity index is 1020. The van der Waals surface area contributed by atoms with E-state index in [0.717, 1.165) is 16.9 Å². The maximum absolute atomic E-state index is 13.2. The van der Waals surface area contributed by atoms with Crippen molar-refractivity contribution in [1.29, 1.82) is 0 Å². The van der Waals surface area contributed by atoms with Crippen molar-refractivity contribution in [3.05, 3.63) is 65.5 Å². The van der Waals surface area contributed by atoms with Gasteiger partial charge < -0.3 is 16.0 Å². The second kappa shape index (κ2) is 8.95. The molecular weight excluding hydrogens is 403 g/mol. The van der Waals surface area contributed by atoms with Crippen LogP contribution in [0.2, 0.25) is 0 Å². The Labute approximate surface area is 178 Å². The number of amides is 5. The van der Waals surface area contributed by atoms with Gasteiger partial charge >= 0.3 is 6.03 Å². The van der Waals surface area contributed by atoms with E-state index in [0.29, 0.717) is 11.3 Å². The summed E-state index contributed by atoms with van der Waals surface area (Å²) in [7, 11) is 0. The Morgan fingerprint density at radius 2 is 1.74 bits per heavy atom. The van der Waals surface area contributed by atoms with E-state index >= 15 is 0 Å². The van der Waals surface area contributed by atoms with Crippen LogP contribution in [0.25, 0.3) is 0 Å². The summed E-state index contributed by atoms with van der Waals surface area (Å²) in [6.07, 6.45) is 0.738. The minimum atomic E-state index is -1.41. The molecule has 0 saturated carbocycles. The molecule has 1 fully saturated rings. The van der Waals surface area contributed by atoms with Gasteiger partial charge in [0.25, 0.3) is 5.91 Å². The predicted molar refractivity (Wildman–Crippen MR) is 111 cm³/mol. The van der Waals surface area contributed by atoms with Gasteiger partial charge in [0.1, 0.15) is 17.9 Å². The van der Waals surface area contributed by atoms with Gasteiger partial charge in [-0.15, -0.1) is 0 Å². The Balaban J connectivity index is 1.57. The molecule has 0 aromatic heterocycles. The van der Waals surface area contributed by atoms with Crippen molar-refractivity contribution in [3.8, 4) is 0 Å². The number of urea groups is 1. The summed E-state index contributed by atoms with van der Waals surface area (Å²) in [5.41, 5.74) is 0.603. The van der Waals surface area contributed by atoms with Gasteiger partial charge in [0.2, 0.25) is 11.8 Å². The lowest BCUT2D eigenvalue weighted by molar-refractivity contribution is -0.135. The zero-order chi connectivity index (χ0) is 22.6. The first-order chi connectivity index (χ1) is 14.7. The normalized spacial score (nSPS) is 18.0. The van der Waals surface area contributed by atoms with E-state index in [1.807, 2.05) is 19.1 Å². The number of imide groups is 1. The minimum Gasteiger partial charge on any atom is -0.345 e. The number of hydrogen-bond acceptors (Lipinski definition) is 4. The van der Waals surface area contributed by atoms with Crippen LogP contribution in [0, 0.1) is 5.82 Å².